The number of nitrogen functional groups attached to an aromatic ring is 1. The largest absolute Gasteiger partial charge is 0.383 e. The van der Waals surface area contributed by atoms with Gasteiger partial charge in [-0.05, 0) is 18.9 Å². The van der Waals surface area contributed by atoms with Crippen molar-refractivity contribution >= 4 is 11.7 Å². The summed E-state index contributed by atoms with van der Waals surface area (Å²) in [5.41, 5.74) is 4.73. The van der Waals surface area contributed by atoms with E-state index in [1.54, 1.807) is 0 Å². The van der Waals surface area contributed by atoms with Crippen LogP contribution in [0.4, 0.5) is 5.82 Å². The summed E-state index contributed by atoms with van der Waals surface area (Å²) >= 11 is 0. The molecule has 0 radical (unpaired) electrons. The third kappa shape index (κ3) is 1.41. The van der Waals surface area contributed by atoms with Crippen LogP contribution in [0.1, 0.15) is 24.1 Å². The highest BCUT2D eigenvalue weighted by Crippen LogP contribution is 2.27. The van der Waals surface area contributed by atoms with Gasteiger partial charge in [-0.25, -0.2) is 9.36 Å². The molecule has 1 saturated carbocycles. The van der Waals surface area contributed by atoms with Gasteiger partial charge in [-0.3, -0.25) is 4.79 Å². The summed E-state index contributed by atoms with van der Waals surface area (Å²) in [7, 11) is 0. The molecule has 1 aromatic heterocycles. The van der Waals surface area contributed by atoms with E-state index in [2.05, 4.69) is 4.98 Å². The van der Waals surface area contributed by atoms with Crippen molar-refractivity contribution in [2.24, 2.45) is 5.92 Å². The lowest BCUT2D eigenvalue weighted by atomic mass is 9.85. The van der Waals surface area contributed by atoms with Crippen LogP contribution in [0.2, 0.25) is 0 Å². The third-order valence-electron chi connectivity index (χ3n) is 2.52. The standard InChI is InChI=1S/C9H11N3O2/c10-7-4-5-12(9(14)11-7)8(13)6-2-1-3-6/h4-6H,1-3H2,(H2,10,11,14). The Labute approximate surface area is 80.6 Å². The maximum atomic E-state index is 11.6. The number of nitrogens with zero attached hydrogens (tertiary/aromatic N) is 2. The Morgan fingerprint density at radius 1 is 1.57 bits per heavy atom. The van der Waals surface area contributed by atoms with Gasteiger partial charge in [0.2, 0.25) is 5.91 Å². The Hall–Kier alpha value is -1.65. The number of carbonyl (C=O) groups is 1. The van der Waals surface area contributed by atoms with E-state index >= 15 is 0 Å². The van der Waals surface area contributed by atoms with Crippen LogP contribution in [0.15, 0.2) is 17.1 Å². The van der Waals surface area contributed by atoms with Crippen molar-refractivity contribution in [2.75, 3.05) is 5.73 Å². The molecule has 14 heavy (non-hydrogen) atoms. The van der Waals surface area contributed by atoms with E-state index in [0.717, 1.165) is 23.8 Å². The Morgan fingerprint density at radius 3 is 2.79 bits per heavy atom. The lowest BCUT2D eigenvalue weighted by Crippen LogP contribution is -2.35. The fourth-order valence-corrected chi connectivity index (χ4v) is 1.44. The first-order chi connectivity index (χ1) is 6.68. The Kier molecular flexibility index (Phi) is 2.07. The molecule has 0 spiro atoms. The summed E-state index contributed by atoms with van der Waals surface area (Å²) < 4.78 is 1.04. The van der Waals surface area contributed by atoms with E-state index in [-0.39, 0.29) is 17.6 Å². The fourth-order valence-electron chi connectivity index (χ4n) is 1.44. The van der Waals surface area contributed by atoms with Crippen LogP contribution in [0, 0.1) is 5.92 Å². The van der Waals surface area contributed by atoms with Crippen molar-refractivity contribution in [3.63, 3.8) is 0 Å². The number of anilines is 1. The van der Waals surface area contributed by atoms with E-state index in [1.165, 1.54) is 12.3 Å². The predicted molar refractivity (Wildman–Crippen MR) is 50.9 cm³/mol. The molecule has 1 fully saturated rings. The Morgan fingerprint density at radius 2 is 2.29 bits per heavy atom. The predicted octanol–water partition coefficient (Wildman–Crippen LogP) is 0.266. The fraction of sp³-hybridized carbons (Fsp3) is 0.444. The number of rotatable bonds is 1. The van der Waals surface area contributed by atoms with Crippen molar-refractivity contribution in [3.8, 4) is 0 Å². The number of nitrogens with two attached hydrogens (primary N) is 1. The SMILES string of the molecule is Nc1ccn(C(=O)C2CCC2)c(=O)n1. The molecule has 0 aromatic carbocycles. The molecule has 1 aromatic rings. The topological polar surface area (TPSA) is 78.0 Å². The smallest absolute Gasteiger partial charge is 0.356 e. The van der Waals surface area contributed by atoms with Crippen LogP contribution >= 0.6 is 0 Å². The molecular weight excluding hydrogens is 182 g/mol. The molecule has 2 rings (SSSR count). The number of hydrogen-bond donors (Lipinski definition) is 1. The zero-order chi connectivity index (χ0) is 10.1. The second kappa shape index (κ2) is 3.25. The molecule has 5 nitrogen and oxygen atoms in total. The molecule has 0 saturated heterocycles. The van der Waals surface area contributed by atoms with Gasteiger partial charge in [0, 0.05) is 12.1 Å². The van der Waals surface area contributed by atoms with E-state index < -0.39 is 5.69 Å². The zero-order valence-electron chi connectivity index (χ0n) is 7.64. The average Bonchev–Trinajstić information content (AvgIpc) is 2.00. The molecule has 1 heterocycles. The van der Waals surface area contributed by atoms with Crippen molar-refractivity contribution in [2.45, 2.75) is 19.3 Å². The van der Waals surface area contributed by atoms with Crippen molar-refractivity contribution in [1.29, 1.82) is 0 Å². The average molecular weight is 193 g/mol. The first-order valence-electron chi connectivity index (χ1n) is 4.58. The summed E-state index contributed by atoms with van der Waals surface area (Å²) in [5.74, 6) is -0.0143. The van der Waals surface area contributed by atoms with E-state index in [0.29, 0.717) is 0 Å². The first-order valence-corrected chi connectivity index (χ1v) is 4.58. The van der Waals surface area contributed by atoms with E-state index in [4.69, 9.17) is 5.73 Å². The highest BCUT2D eigenvalue weighted by molar-refractivity contribution is 5.81. The summed E-state index contributed by atoms with van der Waals surface area (Å²) in [6.45, 7) is 0. The Bertz CT molecular complexity index is 420. The molecule has 5 heteroatoms. The zero-order valence-corrected chi connectivity index (χ0v) is 7.64. The summed E-state index contributed by atoms with van der Waals surface area (Å²) in [6.07, 6.45) is 4.20. The third-order valence-corrected chi connectivity index (χ3v) is 2.52. The van der Waals surface area contributed by atoms with Gasteiger partial charge in [0.05, 0.1) is 0 Å². The molecular formula is C9H11N3O2. The minimum atomic E-state index is -0.582. The van der Waals surface area contributed by atoms with Gasteiger partial charge >= 0.3 is 5.69 Å². The number of carbonyl (C=O) groups excluding carboxylic acids is 1. The first kappa shape index (κ1) is 8.93. The minimum Gasteiger partial charge on any atom is -0.383 e. The molecule has 0 atom stereocenters. The van der Waals surface area contributed by atoms with Crippen LogP contribution < -0.4 is 11.4 Å². The quantitative estimate of drug-likeness (QED) is 0.694. The molecule has 74 valence electrons. The lowest BCUT2D eigenvalue weighted by molar-refractivity contribution is 0.0758. The van der Waals surface area contributed by atoms with Crippen molar-refractivity contribution in [3.05, 3.63) is 22.7 Å². The van der Waals surface area contributed by atoms with Crippen LogP contribution in [0.5, 0.6) is 0 Å². The highest BCUT2D eigenvalue weighted by atomic mass is 16.2. The maximum absolute atomic E-state index is 11.6. The maximum Gasteiger partial charge on any atom is 0.356 e. The van der Waals surface area contributed by atoms with Crippen LogP contribution in [0.25, 0.3) is 0 Å². The van der Waals surface area contributed by atoms with Gasteiger partial charge in [-0.2, -0.15) is 4.98 Å². The van der Waals surface area contributed by atoms with Gasteiger partial charge in [0.15, 0.2) is 0 Å². The van der Waals surface area contributed by atoms with Gasteiger partial charge < -0.3 is 5.73 Å². The molecule has 0 bridgehead atoms. The van der Waals surface area contributed by atoms with Crippen LogP contribution in [-0.4, -0.2) is 15.5 Å². The van der Waals surface area contributed by atoms with Gasteiger partial charge in [0.1, 0.15) is 5.82 Å². The number of hydrogen-bond acceptors (Lipinski definition) is 4. The van der Waals surface area contributed by atoms with Gasteiger partial charge in [0.25, 0.3) is 0 Å². The lowest BCUT2D eigenvalue weighted by Gasteiger charge is -2.23. The summed E-state index contributed by atoms with van der Waals surface area (Å²) in [4.78, 5) is 26.4. The minimum absolute atomic E-state index is 0.00174. The number of aromatic nitrogens is 2. The molecule has 0 amide bonds. The molecule has 0 aliphatic heterocycles. The molecule has 0 unspecified atom stereocenters. The van der Waals surface area contributed by atoms with Crippen LogP contribution in [-0.2, 0) is 0 Å². The molecule has 1 aliphatic rings. The summed E-state index contributed by atoms with van der Waals surface area (Å²) in [5, 5.41) is 0. The van der Waals surface area contributed by atoms with E-state index in [9.17, 15) is 9.59 Å². The van der Waals surface area contributed by atoms with Gasteiger partial charge in [-0.15, -0.1) is 0 Å². The second-order valence-electron chi connectivity index (χ2n) is 3.47. The van der Waals surface area contributed by atoms with Crippen molar-refractivity contribution < 1.29 is 4.79 Å². The Balaban J connectivity index is 2.31. The molecule has 2 N–H and O–H groups in total. The second-order valence-corrected chi connectivity index (χ2v) is 3.47. The normalized spacial score (nSPS) is 16.3. The molecule has 1 aliphatic carbocycles. The van der Waals surface area contributed by atoms with Crippen molar-refractivity contribution in [1.82, 2.24) is 9.55 Å². The monoisotopic (exact) mass is 193 g/mol. The van der Waals surface area contributed by atoms with E-state index in [1.807, 2.05) is 0 Å². The van der Waals surface area contributed by atoms with Gasteiger partial charge in [-0.1, -0.05) is 6.42 Å². The van der Waals surface area contributed by atoms with Crippen LogP contribution in [0.3, 0.4) is 0 Å². The highest BCUT2D eigenvalue weighted by Gasteiger charge is 2.27. The summed E-state index contributed by atoms with van der Waals surface area (Å²) in [6, 6.07) is 1.46.